The molecule has 0 bridgehead atoms. The van der Waals surface area contributed by atoms with Gasteiger partial charge >= 0.3 is 0 Å². The number of hydrogen-bond donors (Lipinski definition) is 0. The topological polar surface area (TPSA) is 33.5 Å². The highest BCUT2D eigenvalue weighted by molar-refractivity contribution is 7.99. The molecule has 0 radical (unpaired) electrons. The molecule has 148 valence electrons. The molecular weight excluding hydrogens is 461 g/mol. The van der Waals surface area contributed by atoms with Gasteiger partial charge in [0.05, 0.1) is 16.4 Å². The summed E-state index contributed by atoms with van der Waals surface area (Å²) < 4.78 is 5.91. The minimum absolute atomic E-state index is 0.198. The number of fused-ring (bicyclic) bond motifs is 2. The largest absolute Gasteiger partial charge is 0.451 e. The van der Waals surface area contributed by atoms with Crippen molar-refractivity contribution >= 4 is 63.8 Å². The lowest BCUT2D eigenvalue weighted by atomic mass is 10.2. The van der Waals surface area contributed by atoms with Crippen LogP contribution in [0, 0.1) is 0 Å². The van der Waals surface area contributed by atoms with E-state index in [2.05, 4.69) is 0 Å². The number of nitrogens with zero attached hydrogens (tertiary/aromatic N) is 1. The Morgan fingerprint density at radius 2 is 1.53 bits per heavy atom. The van der Waals surface area contributed by atoms with Crippen molar-refractivity contribution in [1.82, 2.24) is 0 Å². The first-order chi connectivity index (χ1) is 14.5. The summed E-state index contributed by atoms with van der Waals surface area (Å²) in [6, 6.07) is 21.8. The van der Waals surface area contributed by atoms with E-state index in [0.29, 0.717) is 26.4 Å². The van der Waals surface area contributed by atoms with E-state index in [-0.39, 0.29) is 11.7 Å². The second-order valence-corrected chi connectivity index (χ2v) is 8.97. The van der Waals surface area contributed by atoms with Gasteiger partial charge in [-0.25, -0.2) is 0 Å². The average Bonchev–Trinajstić information content (AvgIpc) is 3.21. The third kappa shape index (κ3) is 3.40. The molecule has 3 aromatic carbocycles. The lowest BCUT2D eigenvalue weighted by molar-refractivity contribution is 0.0972. The van der Waals surface area contributed by atoms with E-state index in [9.17, 15) is 4.79 Å². The van der Waals surface area contributed by atoms with Crippen LogP contribution in [0.25, 0.3) is 11.3 Å². The van der Waals surface area contributed by atoms with Crippen LogP contribution in [-0.4, -0.2) is 5.91 Å². The van der Waals surface area contributed by atoms with Crippen LogP contribution in [0.15, 0.2) is 87.0 Å². The molecule has 0 N–H and O–H groups in total. The van der Waals surface area contributed by atoms with Crippen LogP contribution in [0.4, 0.5) is 11.4 Å². The van der Waals surface area contributed by atoms with Gasteiger partial charge < -0.3 is 4.42 Å². The SMILES string of the molecule is O=C(c1ccc(-c2ccc(Cl)cc2Cl)o1)N1c2ccccc2Sc2ccc(Cl)cc21. The van der Waals surface area contributed by atoms with Crippen molar-refractivity contribution in [2.24, 2.45) is 0 Å². The molecule has 1 amide bonds. The molecule has 4 aromatic rings. The van der Waals surface area contributed by atoms with E-state index in [1.807, 2.05) is 36.4 Å². The number of hydrogen-bond acceptors (Lipinski definition) is 3. The molecule has 30 heavy (non-hydrogen) atoms. The summed E-state index contributed by atoms with van der Waals surface area (Å²) in [4.78, 5) is 17.1. The summed E-state index contributed by atoms with van der Waals surface area (Å²) >= 11 is 20.1. The second-order valence-electron chi connectivity index (χ2n) is 6.61. The highest BCUT2D eigenvalue weighted by Gasteiger charge is 2.31. The first kappa shape index (κ1) is 19.6. The molecule has 0 saturated heterocycles. The molecule has 0 spiro atoms. The molecule has 2 heterocycles. The molecule has 0 saturated carbocycles. The lowest BCUT2D eigenvalue weighted by Gasteiger charge is -2.30. The summed E-state index contributed by atoms with van der Waals surface area (Å²) in [6.45, 7) is 0. The van der Waals surface area contributed by atoms with Crippen LogP contribution >= 0.6 is 46.6 Å². The van der Waals surface area contributed by atoms with Gasteiger partial charge in [-0.15, -0.1) is 0 Å². The van der Waals surface area contributed by atoms with Gasteiger partial charge in [0.15, 0.2) is 5.76 Å². The Labute approximate surface area is 192 Å². The third-order valence-electron chi connectivity index (χ3n) is 4.70. The number of carbonyl (C=O) groups is 1. The van der Waals surface area contributed by atoms with Crippen molar-refractivity contribution in [2.45, 2.75) is 9.79 Å². The van der Waals surface area contributed by atoms with E-state index < -0.39 is 0 Å². The van der Waals surface area contributed by atoms with E-state index in [0.717, 1.165) is 21.2 Å². The number of para-hydroxylation sites is 1. The summed E-state index contributed by atoms with van der Waals surface area (Å²) in [5.74, 6) is 0.400. The van der Waals surface area contributed by atoms with Gasteiger partial charge in [-0.3, -0.25) is 9.69 Å². The van der Waals surface area contributed by atoms with Crippen LogP contribution in [0.3, 0.4) is 0 Å². The summed E-state index contributed by atoms with van der Waals surface area (Å²) in [5.41, 5.74) is 2.17. The minimum Gasteiger partial charge on any atom is -0.451 e. The van der Waals surface area contributed by atoms with Gasteiger partial charge in [0.2, 0.25) is 0 Å². The smallest absolute Gasteiger partial charge is 0.298 e. The van der Waals surface area contributed by atoms with E-state index >= 15 is 0 Å². The molecule has 1 aliphatic rings. The highest BCUT2D eigenvalue weighted by Crippen LogP contribution is 2.49. The normalized spacial score (nSPS) is 12.4. The van der Waals surface area contributed by atoms with E-state index in [1.165, 1.54) is 0 Å². The van der Waals surface area contributed by atoms with Gasteiger partial charge in [-0.1, -0.05) is 58.7 Å². The molecular formula is C23H12Cl3NO2S. The first-order valence-corrected chi connectivity index (χ1v) is 10.9. The van der Waals surface area contributed by atoms with Crippen LogP contribution in [0.1, 0.15) is 10.6 Å². The van der Waals surface area contributed by atoms with Gasteiger partial charge in [0.1, 0.15) is 5.76 Å². The summed E-state index contributed by atoms with van der Waals surface area (Å²) in [5, 5.41) is 1.54. The average molecular weight is 473 g/mol. The highest BCUT2D eigenvalue weighted by atomic mass is 35.5. The predicted molar refractivity (Wildman–Crippen MR) is 123 cm³/mol. The Balaban J connectivity index is 1.59. The molecule has 0 atom stereocenters. The van der Waals surface area contributed by atoms with Crippen molar-refractivity contribution in [3.63, 3.8) is 0 Å². The van der Waals surface area contributed by atoms with E-state index in [4.69, 9.17) is 39.2 Å². The van der Waals surface area contributed by atoms with Gasteiger partial charge in [-0.2, -0.15) is 0 Å². The minimum atomic E-state index is -0.289. The van der Waals surface area contributed by atoms with Crippen molar-refractivity contribution in [3.05, 3.63) is 93.6 Å². The van der Waals surface area contributed by atoms with Crippen molar-refractivity contribution in [2.75, 3.05) is 4.90 Å². The zero-order valence-electron chi connectivity index (χ0n) is 15.2. The molecule has 1 aliphatic heterocycles. The van der Waals surface area contributed by atoms with Gasteiger partial charge in [0.25, 0.3) is 5.91 Å². The zero-order valence-corrected chi connectivity index (χ0v) is 18.3. The fraction of sp³-hybridized carbons (Fsp3) is 0. The van der Waals surface area contributed by atoms with Crippen molar-refractivity contribution < 1.29 is 9.21 Å². The van der Waals surface area contributed by atoms with Crippen LogP contribution in [0.5, 0.6) is 0 Å². The molecule has 0 fully saturated rings. The maximum absolute atomic E-state index is 13.5. The summed E-state index contributed by atoms with van der Waals surface area (Å²) in [7, 11) is 0. The first-order valence-electron chi connectivity index (χ1n) is 8.97. The number of amides is 1. The Hall–Kier alpha value is -2.37. The van der Waals surface area contributed by atoms with Crippen LogP contribution < -0.4 is 4.90 Å². The number of halogens is 3. The third-order valence-corrected chi connectivity index (χ3v) is 6.62. The standard InChI is InChI=1S/C23H12Cl3NO2S/c24-13-5-7-15(16(26)11-13)19-8-9-20(29-19)23(28)27-17-3-1-2-4-21(17)30-22-10-6-14(25)12-18(22)27/h1-12H. The van der Waals surface area contributed by atoms with E-state index in [1.54, 1.807) is 53.1 Å². The lowest BCUT2D eigenvalue weighted by Crippen LogP contribution is -2.28. The molecule has 0 aliphatic carbocycles. The van der Waals surface area contributed by atoms with Crippen LogP contribution in [0.2, 0.25) is 15.1 Å². The molecule has 1 aromatic heterocycles. The number of anilines is 2. The fourth-order valence-corrected chi connectivity index (χ4v) is 5.05. The fourth-order valence-electron chi connectivity index (χ4n) is 3.34. The molecule has 0 unspecified atom stereocenters. The zero-order chi connectivity index (χ0) is 20.8. The Morgan fingerprint density at radius 3 is 2.37 bits per heavy atom. The number of furan rings is 1. The van der Waals surface area contributed by atoms with Crippen molar-refractivity contribution in [3.8, 4) is 11.3 Å². The Kier molecular flexibility index (Phi) is 5.03. The second kappa shape index (κ2) is 7.71. The Bertz CT molecular complexity index is 1300. The van der Waals surface area contributed by atoms with Crippen molar-refractivity contribution in [1.29, 1.82) is 0 Å². The number of carbonyl (C=O) groups excluding carboxylic acids is 1. The van der Waals surface area contributed by atoms with Crippen LogP contribution in [-0.2, 0) is 0 Å². The maximum atomic E-state index is 13.5. The Morgan fingerprint density at radius 1 is 0.800 bits per heavy atom. The monoisotopic (exact) mass is 471 g/mol. The maximum Gasteiger partial charge on any atom is 0.298 e. The molecule has 7 heteroatoms. The van der Waals surface area contributed by atoms with Gasteiger partial charge in [-0.05, 0) is 60.7 Å². The van der Waals surface area contributed by atoms with Gasteiger partial charge in [0, 0.05) is 25.4 Å². The molecule has 3 nitrogen and oxygen atoms in total. The summed E-state index contributed by atoms with van der Waals surface area (Å²) in [6.07, 6.45) is 0. The predicted octanol–water partition coefficient (Wildman–Crippen LogP) is 8.35. The number of benzene rings is 3. The quantitative estimate of drug-likeness (QED) is 0.294. The number of rotatable bonds is 2. The molecule has 5 rings (SSSR count).